The van der Waals surface area contributed by atoms with Gasteiger partial charge in [-0.15, -0.1) is 0 Å². The first-order valence-corrected chi connectivity index (χ1v) is 6.70. The minimum atomic E-state index is -0.455. The van der Waals surface area contributed by atoms with Gasteiger partial charge < -0.3 is 14.3 Å². The third-order valence-electron chi connectivity index (χ3n) is 3.72. The second-order valence-corrected chi connectivity index (χ2v) is 5.03. The molecule has 1 aliphatic heterocycles. The van der Waals surface area contributed by atoms with Gasteiger partial charge in [-0.25, -0.2) is 0 Å². The summed E-state index contributed by atoms with van der Waals surface area (Å²) in [4.78, 5) is 0. The van der Waals surface area contributed by atoms with E-state index in [2.05, 4.69) is 12.1 Å². The van der Waals surface area contributed by atoms with Gasteiger partial charge in [0.15, 0.2) is 0 Å². The fourth-order valence-electron chi connectivity index (χ4n) is 2.59. The highest BCUT2D eigenvalue weighted by Gasteiger charge is 2.15. The molecule has 0 spiro atoms. The number of furan rings is 1. The third-order valence-corrected chi connectivity index (χ3v) is 3.72. The average Bonchev–Trinajstić information content (AvgIpc) is 3.03. The molecule has 1 aromatic heterocycles. The van der Waals surface area contributed by atoms with Gasteiger partial charge >= 0.3 is 0 Å². The first-order valence-electron chi connectivity index (χ1n) is 6.70. The van der Waals surface area contributed by atoms with Crippen LogP contribution in [0.1, 0.15) is 35.0 Å². The highest BCUT2D eigenvalue weighted by atomic mass is 16.5. The summed E-state index contributed by atoms with van der Waals surface area (Å²) in [6.45, 7) is 2.67. The van der Waals surface area contributed by atoms with Crippen LogP contribution in [0.15, 0.2) is 34.9 Å². The van der Waals surface area contributed by atoms with Crippen molar-refractivity contribution < 1.29 is 14.3 Å². The topological polar surface area (TPSA) is 42.6 Å². The summed E-state index contributed by atoms with van der Waals surface area (Å²) in [5.74, 6) is 1.81. The molecule has 1 aliphatic rings. The molecule has 1 unspecified atom stereocenters. The van der Waals surface area contributed by atoms with Gasteiger partial charge in [-0.2, -0.15) is 0 Å². The van der Waals surface area contributed by atoms with Gasteiger partial charge in [0.2, 0.25) is 0 Å². The zero-order valence-corrected chi connectivity index (χ0v) is 11.1. The monoisotopic (exact) mass is 258 g/mol. The molecular weight excluding hydrogens is 240 g/mol. The van der Waals surface area contributed by atoms with Crippen LogP contribution in [0.25, 0.3) is 0 Å². The van der Waals surface area contributed by atoms with Crippen molar-refractivity contribution in [3.05, 3.63) is 53.0 Å². The van der Waals surface area contributed by atoms with E-state index in [9.17, 15) is 5.11 Å². The lowest BCUT2D eigenvalue weighted by atomic mass is 10.00. The molecule has 0 fully saturated rings. The molecule has 2 heterocycles. The second kappa shape index (κ2) is 5.10. The quantitative estimate of drug-likeness (QED) is 0.915. The van der Waals surface area contributed by atoms with Gasteiger partial charge in [-0.3, -0.25) is 0 Å². The Bertz CT molecular complexity index is 571. The van der Waals surface area contributed by atoms with Crippen LogP contribution in [0, 0.1) is 6.92 Å². The molecule has 3 nitrogen and oxygen atoms in total. The molecule has 0 saturated carbocycles. The average molecular weight is 258 g/mol. The van der Waals surface area contributed by atoms with Crippen LogP contribution < -0.4 is 4.74 Å². The van der Waals surface area contributed by atoms with Crippen LogP contribution >= 0.6 is 0 Å². The zero-order valence-electron chi connectivity index (χ0n) is 11.1. The largest absolute Gasteiger partial charge is 0.493 e. The number of aliphatic hydroxyl groups excluding tert-OH is 1. The SMILES string of the molecule is Cc1occc1C(O)CCc1ccc2c(c1)CCO2. The molecule has 19 heavy (non-hydrogen) atoms. The predicted molar refractivity (Wildman–Crippen MR) is 72.4 cm³/mol. The molecule has 2 aromatic rings. The van der Waals surface area contributed by atoms with Crippen LogP contribution in [0.2, 0.25) is 0 Å². The van der Waals surface area contributed by atoms with Crippen LogP contribution in [-0.4, -0.2) is 11.7 Å². The Balaban J connectivity index is 1.65. The Hall–Kier alpha value is -1.74. The lowest BCUT2D eigenvalue weighted by Crippen LogP contribution is -2.00. The number of hydrogen-bond donors (Lipinski definition) is 1. The fraction of sp³-hybridized carbons (Fsp3) is 0.375. The van der Waals surface area contributed by atoms with E-state index in [0.29, 0.717) is 6.42 Å². The van der Waals surface area contributed by atoms with Crippen molar-refractivity contribution >= 4 is 0 Å². The van der Waals surface area contributed by atoms with Crippen molar-refractivity contribution in [2.24, 2.45) is 0 Å². The molecule has 3 heteroatoms. The Morgan fingerprint density at radius 1 is 1.32 bits per heavy atom. The lowest BCUT2D eigenvalue weighted by molar-refractivity contribution is 0.166. The van der Waals surface area contributed by atoms with Gasteiger partial charge in [0.25, 0.3) is 0 Å². The van der Waals surface area contributed by atoms with Crippen molar-refractivity contribution in [3.63, 3.8) is 0 Å². The summed E-state index contributed by atoms with van der Waals surface area (Å²) in [6, 6.07) is 8.15. The maximum atomic E-state index is 10.2. The molecule has 1 aromatic carbocycles. The molecule has 0 aliphatic carbocycles. The Labute approximate surface area is 112 Å². The first-order chi connectivity index (χ1) is 9.24. The van der Waals surface area contributed by atoms with Crippen molar-refractivity contribution in [1.82, 2.24) is 0 Å². The summed E-state index contributed by atoms with van der Waals surface area (Å²) in [7, 11) is 0. The number of ether oxygens (including phenoxy) is 1. The Kier molecular flexibility index (Phi) is 3.30. The van der Waals surface area contributed by atoms with Gasteiger partial charge in [-0.05, 0) is 43.0 Å². The molecule has 0 saturated heterocycles. The second-order valence-electron chi connectivity index (χ2n) is 5.03. The third kappa shape index (κ3) is 2.51. The molecule has 3 rings (SSSR count). The molecule has 0 amide bonds. The summed E-state index contributed by atoms with van der Waals surface area (Å²) >= 11 is 0. The number of benzene rings is 1. The van der Waals surface area contributed by atoms with E-state index < -0.39 is 6.10 Å². The van der Waals surface area contributed by atoms with Crippen molar-refractivity contribution in [3.8, 4) is 5.75 Å². The van der Waals surface area contributed by atoms with E-state index in [0.717, 1.165) is 36.5 Å². The highest BCUT2D eigenvalue weighted by molar-refractivity contribution is 5.39. The van der Waals surface area contributed by atoms with E-state index in [1.165, 1.54) is 11.1 Å². The van der Waals surface area contributed by atoms with Crippen molar-refractivity contribution in [2.75, 3.05) is 6.61 Å². The normalized spacial score (nSPS) is 15.1. The van der Waals surface area contributed by atoms with E-state index >= 15 is 0 Å². The van der Waals surface area contributed by atoms with E-state index in [-0.39, 0.29) is 0 Å². The summed E-state index contributed by atoms with van der Waals surface area (Å²) in [6.07, 6.45) is 3.73. The minimum Gasteiger partial charge on any atom is -0.493 e. The zero-order chi connectivity index (χ0) is 13.2. The molecule has 1 atom stereocenters. The van der Waals surface area contributed by atoms with Crippen molar-refractivity contribution in [1.29, 1.82) is 0 Å². The number of aliphatic hydroxyl groups is 1. The fourth-order valence-corrected chi connectivity index (χ4v) is 2.59. The van der Waals surface area contributed by atoms with Crippen LogP contribution in [0.5, 0.6) is 5.75 Å². The summed E-state index contributed by atoms with van der Waals surface area (Å²) in [5.41, 5.74) is 3.43. The van der Waals surface area contributed by atoms with Gasteiger partial charge in [0, 0.05) is 12.0 Å². The van der Waals surface area contributed by atoms with Gasteiger partial charge in [0.1, 0.15) is 11.5 Å². The lowest BCUT2D eigenvalue weighted by Gasteiger charge is -2.10. The minimum absolute atomic E-state index is 0.455. The smallest absolute Gasteiger partial charge is 0.122 e. The maximum Gasteiger partial charge on any atom is 0.122 e. The van der Waals surface area contributed by atoms with Crippen LogP contribution in [0.3, 0.4) is 0 Å². The molecule has 1 N–H and O–H groups in total. The van der Waals surface area contributed by atoms with Gasteiger partial charge in [-0.1, -0.05) is 12.1 Å². The molecule has 0 bridgehead atoms. The van der Waals surface area contributed by atoms with Crippen molar-refractivity contribution in [2.45, 2.75) is 32.3 Å². The summed E-state index contributed by atoms with van der Waals surface area (Å²) < 4.78 is 10.7. The number of fused-ring (bicyclic) bond motifs is 1. The van der Waals surface area contributed by atoms with E-state index in [1.807, 2.05) is 19.1 Å². The number of aryl methyl sites for hydroxylation is 2. The standard InChI is InChI=1S/C16H18O3/c1-11-14(7-9-18-11)15(17)4-2-12-3-5-16-13(10-12)6-8-19-16/h3,5,7,9-10,15,17H,2,4,6,8H2,1H3. The summed E-state index contributed by atoms with van der Waals surface area (Å²) in [5, 5.41) is 10.2. The van der Waals surface area contributed by atoms with Crippen LogP contribution in [-0.2, 0) is 12.8 Å². The highest BCUT2D eigenvalue weighted by Crippen LogP contribution is 2.28. The van der Waals surface area contributed by atoms with Crippen LogP contribution in [0.4, 0.5) is 0 Å². The molecular formula is C16H18O3. The number of hydrogen-bond acceptors (Lipinski definition) is 3. The van der Waals surface area contributed by atoms with E-state index in [4.69, 9.17) is 9.15 Å². The predicted octanol–water partition coefficient (Wildman–Crippen LogP) is 3.19. The Morgan fingerprint density at radius 2 is 2.21 bits per heavy atom. The maximum absolute atomic E-state index is 10.2. The van der Waals surface area contributed by atoms with Gasteiger partial charge in [0.05, 0.1) is 19.0 Å². The number of rotatable bonds is 4. The Morgan fingerprint density at radius 3 is 3.00 bits per heavy atom. The van der Waals surface area contributed by atoms with E-state index in [1.54, 1.807) is 6.26 Å². The molecule has 0 radical (unpaired) electrons. The first kappa shape index (κ1) is 12.3. The molecule has 100 valence electrons.